The minimum Gasteiger partial charge on any atom is -0.497 e. The molecule has 0 aliphatic heterocycles. The van der Waals surface area contributed by atoms with Crippen LogP contribution >= 0.6 is 0 Å². The molecule has 0 unspecified atom stereocenters. The zero-order valence-electron chi connectivity index (χ0n) is 18.5. The van der Waals surface area contributed by atoms with Crippen LogP contribution in [-0.4, -0.2) is 22.5 Å². The molecule has 0 aliphatic rings. The summed E-state index contributed by atoms with van der Waals surface area (Å²) in [7, 11) is 1.58. The average molecular weight is 461 g/mol. The van der Waals surface area contributed by atoms with Crippen molar-refractivity contribution in [2.45, 2.75) is 25.9 Å². The lowest BCUT2D eigenvalue weighted by Gasteiger charge is -2.23. The highest BCUT2D eigenvalue weighted by Crippen LogP contribution is 2.23. The summed E-state index contributed by atoms with van der Waals surface area (Å²) in [6.45, 7) is 0.654. The number of carbonyl (C=O) groups excluding carboxylic acids is 1. The third-order valence-corrected chi connectivity index (χ3v) is 5.50. The summed E-state index contributed by atoms with van der Waals surface area (Å²) in [5.41, 5.74) is 2.19. The van der Waals surface area contributed by atoms with Gasteiger partial charge in [-0.05, 0) is 42.3 Å². The van der Waals surface area contributed by atoms with Crippen LogP contribution in [0.1, 0.15) is 18.4 Å². The zero-order chi connectivity index (χ0) is 24.1. The third kappa shape index (κ3) is 4.98. The Hall–Kier alpha value is -4.40. The molecule has 1 heterocycles. The van der Waals surface area contributed by atoms with Gasteiger partial charge in [0.25, 0.3) is 5.69 Å². The monoisotopic (exact) mass is 461 g/mol. The van der Waals surface area contributed by atoms with E-state index in [2.05, 4.69) is 0 Å². The molecule has 34 heavy (non-hydrogen) atoms. The van der Waals surface area contributed by atoms with Crippen LogP contribution in [-0.2, 0) is 17.9 Å². The Morgan fingerprint density at radius 1 is 1.09 bits per heavy atom. The highest BCUT2D eigenvalue weighted by atomic mass is 16.6. The Balaban J connectivity index is 1.50. The smallest absolute Gasteiger partial charge is 0.419 e. The molecular weight excluding hydrogens is 438 g/mol. The van der Waals surface area contributed by atoms with Gasteiger partial charge in [-0.2, -0.15) is 0 Å². The Morgan fingerprint density at radius 2 is 1.82 bits per heavy atom. The number of nitrogens with zero attached hydrogens (tertiary/aromatic N) is 3. The van der Waals surface area contributed by atoms with Crippen LogP contribution in [0.25, 0.3) is 11.1 Å². The molecule has 0 saturated carbocycles. The van der Waals surface area contributed by atoms with Crippen LogP contribution < -0.4 is 15.4 Å². The highest BCUT2D eigenvalue weighted by Gasteiger charge is 2.18. The maximum atomic E-state index is 13.2. The summed E-state index contributed by atoms with van der Waals surface area (Å²) in [6, 6.07) is 21.0. The van der Waals surface area contributed by atoms with Crippen molar-refractivity contribution in [1.82, 2.24) is 4.57 Å². The summed E-state index contributed by atoms with van der Waals surface area (Å²) >= 11 is 0. The number of non-ortho nitro benzene ring substituents is 1. The van der Waals surface area contributed by atoms with Crippen molar-refractivity contribution >= 4 is 28.4 Å². The van der Waals surface area contributed by atoms with Crippen molar-refractivity contribution in [3.63, 3.8) is 0 Å². The molecule has 0 bridgehead atoms. The van der Waals surface area contributed by atoms with E-state index in [4.69, 9.17) is 9.15 Å². The Morgan fingerprint density at radius 3 is 2.50 bits per heavy atom. The summed E-state index contributed by atoms with van der Waals surface area (Å²) < 4.78 is 11.8. The normalized spacial score (nSPS) is 10.9. The van der Waals surface area contributed by atoms with Gasteiger partial charge in [0.05, 0.1) is 30.2 Å². The maximum absolute atomic E-state index is 13.2. The summed E-state index contributed by atoms with van der Waals surface area (Å²) in [5.74, 6) is -0.00735. The first-order valence-electron chi connectivity index (χ1n) is 10.7. The Kier molecular flexibility index (Phi) is 6.72. The molecule has 0 N–H and O–H groups in total. The molecule has 0 saturated heterocycles. The van der Waals surface area contributed by atoms with E-state index >= 15 is 0 Å². The highest BCUT2D eigenvalue weighted by molar-refractivity contribution is 5.93. The zero-order valence-corrected chi connectivity index (χ0v) is 18.5. The number of amides is 1. The lowest BCUT2D eigenvalue weighted by molar-refractivity contribution is -0.384. The minimum atomic E-state index is -0.612. The van der Waals surface area contributed by atoms with Gasteiger partial charge in [-0.15, -0.1) is 0 Å². The second-order valence-electron chi connectivity index (χ2n) is 7.70. The maximum Gasteiger partial charge on any atom is 0.419 e. The number of oxazole rings is 1. The Bertz CT molecular complexity index is 1360. The van der Waals surface area contributed by atoms with Gasteiger partial charge < -0.3 is 14.1 Å². The van der Waals surface area contributed by atoms with Crippen LogP contribution in [0.5, 0.6) is 5.75 Å². The molecule has 0 atom stereocenters. The second kappa shape index (κ2) is 10.0. The van der Waals surface area contributed by atoms with Crippen molar-refractivity contribution in [3.8, 4) is 5.75 Å². The van der Waals surface area contributed by atoms with Crippen molar-refractivity contribution in [2.75, 3.05) is 12.0 Å². The molecule has 9 nitrogen and oxygen atoms in total. The number of fused-ring (bicyclic) bond motifs is 1. The number of hydrogen-bond donors (Lipinski definition) is 0. The van der Waals surface area contributed by atoms with Crippen molar-refractivity contribution in [2.24, 2.45) is 0 Å². The first-order valence-corrected chi connectivity index (χ1v) is 10.7. The van der Waals surface area contributed by atoms with Crippen LogP contribution in [0.2, 0.25) is 0 Å². The molecule has 0 fully saturated rings. The number of carbonyl (C=O) groups is 1. The van der Waals surface area contributed by atoms with Crippen molar-refractivity contribution < 1.29 is 18.9 Å². The SMILES string of the molecule is COc1ccc(N(Cc2ccccc2)C(=O)CCCn2c(=O)oc3cc([N+](=O)[O-])ccc32)cc1. The van der Waals surface area contributed by atoms with E-state index in [-0.39, 0.29) is 30.1 Å². The number of nitro groups is 1. The van der Waals surface area contributed by atoms with Crippen molar-refractivity contribution in [1.29, 1.82) is 0 Å². The molecule has 4 rings (SSSR count). The molecule has 0 radical (unpaired) electrons. The van der Waals surface area contributed by atoms with E-state index in [1.807, 2.05) is 42.5 Å². The van der Waals surface area contributed by atoms with Gasteiger partial charge >= 0.3 is 5.76 Å². The molecule has 1 aromatic heterocycles. The lowest BCUT2D eigenvalue weighted by atomic mass is 10.1. The van der Waals surface area contributed by atoms with Crippen LogP contribution in [0.3, 0.4) is 0 Å². The van der Waals surface area contributed by atoms with Gasteiger partial charge in [-0.3, -0.25) is 19.5 Å². The van der Waals surface area contributed by atoms with E-state index in [0.717, 1.165) is 11.3 Å². The number of benzene rings is 3. The van der Waals surface area contributed by atoms with Crippen molar-refractivity contribution in [3.05, 3.63) is 99.0 Å². The van der Waals surface area contributed by atoms with Crippen LogP contribution in [0.15, 0.2) is 82.0 Å². The predicted octanol–water partition coefficient (Wildman–Crippen LogP) is 4.52. The first-order chi connectivity index (χ1) is 16.5. The van der Waals surface area contributed by atoms with E-state index < -0.39 is 10.7 Å². The largest absolute Gasteiger partial charge is 0.497 e. The quantitative estimate of drug-likeness (QED) is 0.268. The summed E-state index contributed by atoms with van der Waals surface area (Å²) in [4.78, 5) is 37.6. The molecule has 9 heteroatoms. The number of nitro benzene ring substituents is 1. The van der Waals surface area contributed by atoms with Gasteiger partial charge in [0.15, 0.2) is 5.58 Å². The number of aromatic nitrogens is 1. The topological polar surface area (TPSA) is 108 Å². The number of methoxy groups -OCH3 is 1. The number of hydrogen-bond acceptors (Lipinski definition) is 6. The summed E-state index contributed by atoms with van der Waals surface area (Å²) in [5, 5.41) is 11.0. The fraction of sp³-hybridized carbons (Fsp3) is 0.200. The average Bonchev–Trinajstić information content (AvgIpc) is 3.17. The van der Waals surface area contributed by atoms with Gasteiger partial charge in [0, 0.05) is 24.7 Å². The lowest BCUT2D eigenvalue weighted by Crippen LogP contribution is -2.30. The molecule has 1 amide bonds. The van der Waals surface area contributed by atoms with Gasteiger partial charge in [0.2, 0.25) is 5.91 Å². The molecule has 0 spiro atoms. The second-order valence-corrected chi connectivity index (χ2v) is 7.70. The van der Waals surface area contributed by atoms with Crippen LogP contribution in [0.4, 0.5) is 11.4 Å². The van der Waals surface area contributed by atoms with E-state index in [9.17, 15) is 19.7 Å². The van der Waals surface area contributed by atoms with Gasteiger partial charge in [-0.25, -0.2) is 4.79 Å². The van der Waals surface area contributed by atoms with Crippen LogP contribution in [0, 0.1) is 10.1 Å². The van der Waals surface area contributed by atoms with Gasteiger partial charge in [0.1, 0.15) is 5.75 Å². The minimum absolute atomic E-state index is 0.0921. The fourth-order valence-corrected chi connectivity index (χ4v) is 3.76. The standard InChI is InChI=1S/C25H23N3O6/c1-33-21-12-9-19(10-13-21)27(17-18-6-3-2-4-7-18)24(29)8-5-15-26-22-14-11-20(28(31)32)16-23(22)34-25(26)30/h2-4,6-7,9-14,16H,5,8,15,17H2,1H3. The van der Waals surface area contributed by atoms with Gasteiger partial charge in [-0.1, -0.05) is 30.3 Å². The molecule has 0 aliphatic carbocycles. The van der Waals surface area contributed by atoms with E-state index in [1.165, 1.54) is 22.8 Å². The van der Waals surface area contributed by atoms with E-state index in [1.54, 1.807) is 24.1 Å². The number of aryl methyl sites for hydroxylation is 1. The predicted molar refractivity (Wildman–Crippen MR) is 127 cm³/mol. The Labute approximate surface area is 194 Å². The fourth-order valence-electron chi connectivity index (χ4n) is 3.76. The number of anilines is 1. The molecule has 4 aromatic rings. The number of ether oxygens (including phenoxy) is 1. The summed E-state index contributed by atoms with van der Waals surface area (Å²) in [6.07, 6.45) is 0.594. The van der Waals surface area contributed by atoms with E-state index in [0.29, 0.717) is 24.2 Å². The first kappa shape index (κ1) is 22.8. The molecule has 3 aromatic carbocycles. The molecular formula is C25H23N3O6. The molecule has 174 valence electrons. The number of rotatable bonds is 9. The third-order valence-electron chi connectivity index (χ3n) is 5.50.